The minimum Gasteiger partial charge on any atom is -0.473 e. The predicted molar refractivity (Wildman–Crippen MR) is 39.2 cm³/mol. The first-order valence-electron chi connectivity index (χ1n) is 2.66. The Labute approximate surface area is 62.9 Å². The summed E-state index contributed by atoms with van der Waals surface area (Å²) in [5, 5.41) is 7.41. The van der Waals surface area contributed by atoms with Gasteiger partial charge in [0.25, 0.3) is 0 Å². The molecule has 0 unspecified atom stereocenters. The molecule has 0 spiro atoms. The SMILES string of the molecule is O=C(O)Sc1[c]cccc1. The third kappa shape index (κ3) is 2.11. The minimum atomic E-state index is -0.901. The molecule has 0 bridgehead atoms. The average molecular weight is 153 g/mol. The molecule has 51 valence electrons. The van der Waals surface area contributed by atoms with Crippen LogP contribution < -0.4 is 0 Å². The number of benzene rings is 1. The van der Waals surface area contributed by atoms with Crippen molar-refractivity contribution in [3.05, 3.63) is 30.3 Å². The van der Waals surface area contributed by atoms with Crippen molar-refractivity contribution in [3.63, 3.8) is 0 Å². The van der Waals surface area contributed by atoms with Crippen LogP contribution >= 0.6 is 11.8 Å². The highest BCUT2D eigenvalue weighted by Crippen LogP contribution is 2.15. The molecule has 1 aromatic rings. The Hall–Kier alpha value is -0.960. The number of hydrogen-bond donors (Lipinski definition) is 1. The summed E-state index contributed by atoms with van der Waals surface area (Å²) in [7, 11) is 0. The molecule has 0 aromatic heterocycles. The summed E-state index contributed by atoms with van der Waals surface area (Å²) in [6, 6.07) is 9.75. The molecule has 0 aliphatic rings. The van der Waals surface area contributed by atoms with Crippen LogP contribution in [0.5, 0.6) is 0 Å². The lowest BCUT2D eigenvalue weighted by molar-refractivity contribution is 0.222. The summed E-state index contributed by atoms with van der Waals surface area (Å²) < 4.78 is 0. The van der Waals surface area contributed by atoms with Gasteiger partial charge in [-0.15, -0.1) is 0 Å². The number of carboxylic acid groups (broad SMARTS) is 1. The molecule has 1 radical (unpaired) electrons. The molecular weight excluding hydrogens is 148 g/mol. The molecular formula is C7H5O2S. The molecule has 10 heavy (non-hydrogen) atoms. The van der Waals surface area contributed by atoms with E-state index in [0.717, 1.165) is 11.8 Å². The molecule has 1 aromatic carbocycles. The first-order valence-corrected chi connectivity index (χ1v) is 3.48. The van der Waals surface area contributed by atoms with Gasteiger partial charge in [-0.3, -0.25) is 0 Å². The third-order valence-electron chi connectivity index (χ3n) is 0.878. The molecule has 0 aliphatic carbocycles. The standard InChI is InChI=1S/C7H5O2S/c8-7(9)10-6-4-2-1-3-5-6/h1-4H,(H,8,9). The summed E-state index contributed by atoms with van der Waals surface area (Å²) >= 11 is 0.760. The summed E-state index contributed by atoms with van der Waals surface area (Å²) in [5.74, 6) is 0. The van der Waals surface area contributed by atoms with Crippen molar-refractivity contribution in [2.75, 3.05) is 0 Å². The normalized spacial score (nSPS) is 9.20. The van der Waals surface area contributed by atoms with Crippen molar-refractivity contribution in [2.45, 2.75) is 4.90 Å². The largest absolute Gasteiger partial charge is 0.473 e. The smallest absolute Gasteiger partial charge is 0.369 e. The summed E-state index contributed by atoms with van der Waals surface area (Å²) in [5.41, 5.74) is 0. The van der Waals surface area contributed by atoms with Crippen molar-refractivity contribution in [1.29, 1.82) is 0 Å². The van der Waals surface area contributed by atoms with Crippen LogP contribution in [-0.2, 0) is 0 Å². The molecule has 0 saturated carbocycles. The molecule has 0 saturated heterocycles. The van der Waals surface area contributed by atoms with Gasteiger partial charge in [0.05, 0.1) is 0 Å². The van der Waals surface area contributed by atoms with E-state index in [1.165, 1.54) is 0 Å². The second kappa shape index (κ2) is 3.27. The van der Waals surface area contributed by atoms with Crippen LogP contribution in [-0.4, -0.2) is 10.4 Å². The number of rotatable bonds is 1. The van der Waals surface area contributed by atoms with Gasteiger partial charge in [-0.25, -0.2) is 4.79 Å². The lowest BCUT2D eigenvalue weighted by Crippen LogP contribution is -1.81. The summed E-state index contributed by atoms with van der Waals surface area (Å²) in [6.45, 7) is 0. The molecule has 0 aliphatic heterocycles. The Bertz CT molecular complexity index is 220. The fourth-order valence-electron chi connectivity index (χ4n) is 0.534. The highest BCUT2D eigenvalue weighted by atomic mass is 32.2. The van der Waals surface area contributed by atoms with E-state index in [-0.39, 0.29) is 0 Å². The zero-order chi connectivity index (χ0) is 7.40. The van der Waals surface area contributed by atoms with E-state index in [4.69, 9.17) is 5.11 Å². The van der Waals surface area contributed by atoms with Gasteiger partial charge in [-0.1, -0.05) is 18.2 Å². The van der Waals surface area contributed by atoms with Crippen molar-refractivity contribution in [2.24, 2.45) is 0 Å². The van der Waals surface area contributed by atoms with Gasteiger partial charge in [0.15, 0.2) is 0 Å². The van der Waals surface area contributed by atoms with Crippen LogP contribution in [0.4, 0.5) is 4.79 Å². The van der Waals surface area contributed by atoms with Gasteiger partial charge in [0.1, 0.15) is 0 Å². The van der Waals surface area contributed by atoms with Gasteiger partial charge < -0.3 is 5.11 Å². The fourth-order valence-corrected chi connectivity index (χ4v) is 0.996. The Morgan fingerprint density at radius 3 is 2.90 bits per heavy atom. The van der Waals surface area contributed by atoms with Gasteiger partial charge in [0.2, 0.25) is 0 Å². The first kappa shape index (κ1) is 7.15. The Balaban J connectivity index is 2.67. The summed E-state index contributed by atoms with van der Waals surface area (Å²) in [4.78, 5) is 10.7. The molecule has 0 amide bonds. The molecule has 0 heterocycles. The molecule has 1 N–H and O–H groups in total. The minimum absolute atomic E-state index is 0.634. The van der Waals surface area contributed by atoms with Crippen LogP contribution in [0.25, 0.3) is 0 Å². The van der Waals surface area contributed by atoms with Gasteiger partial charge in [-0.05, 0) is 23.9 Å². The molecule has 3 heteroatoms. The number of thioether (sulfide) groups is 1. The lowest BCUT2D eigenvalue weighted by Gasteiger charge is -1.90. The maximum atomic E-state index is 10.1. The zero-order valence-corrected chi connectivity index (χ0v) is 5.89. The third-order valence-corrected chi connectivity index (χ3v) is 1.53. The molecule has 1 rings (SSSR count). The molecule has 0 atom stereocenters. The van der Waals surface area contributed by atoms with E-state index < -0.39 is 5.30 Å². The van der Waals surface area contributed by atoms with Crippen LogP contribution in [0.1, 0.15) is 0 Å². The van der Waals surface area contributed by atoms with Crippen LogP contribution in [0.3, 0.4) is 0 Å². The van der Waals surface area contributed by atoms with E-state index >= 15 is 0 Å². The van der Waals surface area contributed by atoms with Crippen LogP contribution in [0.15, 0.2) is 29.2 Å². The van der Waals surface area contributed by atoms with E-state index in [1.54, 1.807) is 24.3 Å². The Kier molecular flexibility index (Phi) is 2.34. The lowest BCUT2D eigenvalue weighted by atomic mass is 10.4. The maximum absolute atomic E-state index is 10.1. The predicted octanol–water partition coefficient (Wildman–Crippen LogP) is 2.26. The number of hydrogen-bond acceptors (Lipinski definition) is 2. The van der Waals surface area contributed by atoms with Crippen molar-refractivity contribution in [3.8, 4) is 0 Å². The van der Waals surface area contributed by atoms with Gasteiger partial charge >= 0.3 is 5.30 Å². The van der Waals surface area contributed by atoms with E-state index in [2.05, 4.69) is 6.07 Å². The zero-order valence-electron chi connectivity index (χ0n) is 5.07. The Morgan fingerprint density at radius 1 is 1.60 bits per heavy atom. The Morgan fingerprint density at radius 2 is 2.40 bits per heavy atom. The monoisotopic (exact) mass is 153 g/mol. The van der Waals surface area contributed by atoms with Crippen molar-refractivity contribution in [1.82, 2.24) is 0 Å². The molecule has 2 nitrogen and oxygen atoms in total. The van der Waals surface area contributed by atoms with Crippen LogP contribution in [0.2, 0.25) is 0 Å². The van der Waals surface area contributed by atoms with Crippen LogP contribution in [0, 0.1) is 6.07 Å². The van der Waals surface area contributed by atoms with E-state index in [1.807, 2.05) is 0 Å². The second-order valence-electron chi connectivity index (χ2n) is 1.59. The first-order chi connectivity index (χ1) is 4.79. The highest BCUT2D eigenvalue weighted by molar-refractivity contribution is 8.13. The second-order valence-corrected chi connectivity index (χ2v) is 2.59. The maximum Gasteiger partial charge on any atom is 0.369 e. The fraction of sp³-hybridized carbons (Fsp3) is 0. The number of carbonyl (C=O) groups is 1. The van der Waals surface area contributed by atoms with E-state index in [0.29, 0.717) is 4.90 Å². The molecule has 0 fully saturated rings. The van der Waals surface area contributed by atoms with Gasteiger partial charge in [-0.2, -0.15) is 0 Å². The quantitative estimate of drug-likeness (QED) is 0.629. The highest BCUT2D eigenvalue weighted by Gasteiger charge is 1.98. The van der Waals surface area contributed by atoms with E-state index in [9.17, 15) is 4.79 Å². The van der Waals surface area contributed by atoms with Crippen molar-refractivity contribution >= 4 is 17.1 Å². The summed E-state index contributed by atoms with van der Waals surface area (Å²) in [6.07, 6.45) is 0. The topological polar surface area (TPSA) is 37.3 Å². The van der Waals surface area contributed by atoms with Crippen molar-refractivity contribution < 1.29 is 9.90 Å². The van der Waals surface area contributed by atoms with Gasteiger partial charge in [0, 0.05) is 4.90 Å². The average Bonchev–Trinajstić information content (AvgIpc) is 1.88.